The third-order valence-electron chi connectivity index (χ3n) is 2.73. The van der Waals surface area contributed by atoms with Crippen molar-refractivity contribution in [2.75, 3.05) is 0 Å². The first-order valence-electron chi connectivity index (χ1n) is 7.06. The van der Waals surface area contributed by atoms with Gasteiger partial charge in [0.25, 0.3) is 0 Å². The maximum absolute atomic E-state index is 5.99. The Hall–Kier alpha value is -0.630. The van der Waals surface area contributed by atoms with Crippen LogP contribution in [0.1, 0.15) is 47.1 Å². The lowest BCUT2D eigenvalue weighted by Crippen LogP contribution is -2.35. The highest BCUT2D eigenvalue weighted by Crippen LogP contribution is 2.50. The molecule has 1 heterocycles. The summed E-state index contributed by atoms with van der Waals surface area (Å²) in [6.07, 6.45) is 0. The van der Waals surface area contributed by atoms with Gasteiger partial charge in [-0.25, -0.2) is 4.67 Å². The monoisotopic (exact) mass is 283 g/mol. The molecule has 1 aromatic carbocycles. The molecular formula is C15H26NO2P. The average molecular weight is 283 g/mol. The van der Waals surface area contributed by atoms with Gasteiger partial charge >= 0.3 is 8.53 Å². The van der Waals surface area contributed by atoms with E-state index in [1.165, 1.54) is 0 Å². The number of nitrogens with zero attached hydrogens (tertiary/aromatic N) is 1. The molecule has 2 rings (SSSR count). The Morgan fingerprint density at radius 1 is 1.05 bits per heavy atom. The number of benzene rings is 1. The molecule has 1 aromatic rings. The lowest BCUT2D eigenvalue weighted by molar-refractivity contribution is 0.195. The number of para-hydroxylation sites is 1. The highest BCUT2D eigenvalue weighted by atomic mass is 31.2. The zero-order chi connectivity index (χ0) is 14.4. The predicted octanol–water partition coefficient (Wildman–Crippen LogP) is 4.97. The Labute approximate surface area is 118 Å². The van der Waals surface area contributed by atoms with Gasteiger partial charge in [0.1, 0.15) is 5.75 Å². The normalized spacial score (nSPS) is 17.8. The second kappa shape index (κ2) is 7.84. The van der Waals surface area contributed by atoms with E-state index in [-0.39, 0.29) is 0 Å². The smallest absolute Gasteiger partial charge is 0.321 e. The van der Waals surface area contributed by atoms with E-state index in [0.717, 1.165) is 11.3 Å². The van der Waals surface area contributed by atoms with Gasteiger partial charge in [-0.1, -0.05) is 32.0 Å². The van der Waals surface area contributed by atoms with Gasteiger partial charge < -0.3 is 9.05 Å². The minimum absolute atomic E-state index is 0.423. The fourth-order valence-electron chi connectivity index (χ4n) is 2.03. The standard InChI is InChI=1S/C13H20NO2P.C2H6/c1-10(2)14(11(3)4)17-15-9-12-7-5-6-8-13(12)16-17;1-2/h5-8,10-11H,9H2,1-4H3;1-2H3. The summed E-state index contributed by atoms with van der Waals surface area (Å²) >= 11 is 0. The van der Waals surface area contributed by atoms with Crippen molar-refractivity contribution in [3.8, 4) is 5.75 Å². The number of hydrogen-bond acceptors (Lipinski definition) is 3. The van der Waals surface area contributed by atoms with Crippen LogP contribution in [0.2, 0.25) is 0 Å². The van der Waals surface area contributed by atoms with Crippen molar-refractivity contribution in [1.82, 2.24) is 4.67 Å². The SMILES string of the molecule is CC.CC(C)N(C(C)C)P1OCc2ccccc2O1. The largest absolute Gasteiger partial charge is 0.435 e. The van der Waals surface area contributed by atoms with Crippen LogP contribution in [0.4, 0.5) is 0 Å². The third-order valence-corrected chi connectivity index (χ3v) is 4.73. The first kappa shape index (κ1) is 16.4. The Kier molecular flexibility index (Phi) is 6.78. The van der Waals surface area contributed by atoms with Gasteiger partial charge in [0.2, 0.25) is 0 Å². The molecule has 0 radical (unpaired) electrons. The molecule has 0 N–H and O–H groups in total. The Balaban J connectivity index is 0.000000861. The molecule has 0 bridgehead atoms. The van der Waals surface area contributed by atoms with Gasteiger partial charge in [-0.3, -0.25) is 0 Å². The van der Waals surface area contributed by atoms with E-state index < -0.39 is 8.53 Å². The van der Waals surface area contributed by atoms with Crippen LogP contribution in [-0.4, -0.2) is 16.8 Å². The zero-order valence-electron chi connectivity index (χ0n) is 12.9. The van der Waals surface area contributed by atoms with E-state index in [1.54, 1.807) is 0 Å². The summed E-state index contributed by atoms with van der Waals surface area (Å²) in [5.41, 5.74) is 1.14. The highest BCUT2D eigenvalue weighted by Gasteiger charge is 2.31. The fourth-order valence-corrected chi connectivity index (χ4v) is 3.67. The summed E-state index contributed by atoms with van der Waals surface area (Å²) in [6.45, 7) is 13.4. The molecule has 0 aromatic heterocycles. The molecule has 0 amide bonds. The van der Waals surface area contributed by atoms with E-state index in [0.29, 0.717) is 18.7 Å². The molecule has 1 atom stereocenters. The first-order chi connectivity index (χ1) is 9.09. The van der Waals surface area contributed by atoms with E-state index in [2.05, 4.69) is 38.4 Å². The summed E-state index contributed by atoms with van der Waals surface area (Å²) in [6, 6.07) is 8.94. The topological polar surface area (TPSA) is 21.7 Å². The quantitative estimate of drug-likeness (QED) is 0.731. The summed E-state index contributed by atoms with van der Waals surface area (Å²) in [7, 11) is -0.967. The Morgan fingerprint density at radius 3 is 2.21 bits per heavy atom. The maximum Gasteiger partial charge on any atom is 0.321 e. The average Bonchev–Trinajstić information content (AvgIpc) is 2.40. The predicted molar refractivity (Wildman–Crippen MR) is 82.2 cm³/mol. The molecule has 0 saturated carbocycles. The van der Waals surface area contributed by atoms with Gasteiger partial charge in [0, 0.05) is 17.6 Å². The van der Waals surface area contributed by atoms with Gasteiger partial charge in [-0.05, 0) is 33.8 Å². The van der Waals surface area contributed by atoms with Crippen LogP contribution < -0.4 is 4.52 Å². The van der Waals surface area contributed by atoms with Crippen LogP contribution in [0.15, 0.2) is 24.3 Å². The highest BCUT2D eigenvalue weighted by molar-refractivity contribution is 7.45. The lowest BCUT2D eigenvalue weighted by atomic mass is 10.2. The van der Waals surface area contributed by atoms with E-state index in [1.807, 2.05) is 32.0 Å². The lowest BCUT2D eigenvalue weighted by Gasteiger charge is -2.37. The molecule has 4 heteroatoms. The van der Waals surface area contributed by atoms with Crippen molar-refractivity contribution in [3.05, 3.63) is 29.8 Å². The van der Waals surface area contributed by atoms with Crippen molar-refractivity contribution in [2.45, 2.75) is 60.2 Å². The van der Waals surface area contributed by atoms with Crippen molar-refractivity contribution >= 4 is 8.53 Å². The van der Waals surface area contributed by atoms with Crippen molar-refractivity contribution in [3.63, 3.8) is 0 Å². The Morgan fingerprint density at radius 2 is 1.63 bits per heavy atom. The Bertz CT molecular complexity index is 374. The summed E-state index contributed by atoms with van der Waals surface area (Å²) in [4.78, 5) is 0. The van der Waals surface area contributed by atoms with Crippen LogP contribution in [0.5, 0.6) is 5.75 Å². The molecule has 1 aliphatic rings. The van der Waals surface area contributed by atoms with Crippen molar-refractivity contribution in [1.29, 1.82) is 0 Å². The van der Waals surface area contributed by atoms with Gasteiger partial charge in [0.05, 0.1) is 6.61 Å². The van der Waals surface area contributed by atoms with Gasteiger partial charge in [-0.2, -0.15) is 0 Å². The van der Waals surface area contributed by atoms with Crippen LogP contribution >= 0.6 is 8.53 Å². The number of hydrogen-bond donors (Lipinski definition) is 0. The van der Waals surface area contributed by atoms with Gasteiger partial charge in [0.15, 0.2) is 0 Å². The van der Waals surface area contributed by atoms with E-state index in [9.17, 15) is 0 Å². The molecule has 19 heavy (non-hydrogen) atoms. The van der Waals surface area contributed by atoms with Crippen LogP contribution in [-0.2, 0) is 11.1 Å². The molecule has 0 fully saturated rings. The number of fused-ring (bicyclic) bond motifs is 1. The first-order valence-corrected chi connectivity index (χ1v) is 8.19. The van der Waals surface area contributed by atoms with Crippen molar-refractivity contribution < 1.29 is 9.05 Å². The van der Waals surface area contributed by atoms with Crippen LogP contribution in [0.25, 0.3) is 0 Å². The summed E-state index contributed by atoms with van der Waals surface area (Å²) < 4.78 is 14.1. The number of rotatable bonds is 3. The van der Waals surface area contributed by atoms with Gasteiger partial charge in [-0.15, -0.1) is 0 Å². The fraction of sp³-hybridized carbons (Fsp3) is 0.600. The zero-order valence-corrected chi connectivity index (χ0v) is 13.8. The maximum atomic E-state index is 5.99. The molecule has 1 unspecified atom stereocenters. The molecule has 0 spiro atoms. The minimum atomic E-state index is -0.967. The molecule has 3 nitrogen and oxygen atoms in total. The molecule has 108 valence electrons. The molecule has 0 aliphatic carbocycles. The minimum Gasteiger partial charge on any atom is -0.435 e. The second-order valence-corrected chi connectivity index (χ2v) is 6.16. The summed E-state index contributed by atoms with van der Waals surface area (Å²) in [5.74, 6) is 0.969. The molecule has 1 aliphatic heterocycles. The second-order valence-electron chi connectivity index (χ2n) is 4.78. The molecular weight excluding hydrogens is 257 g/mol. The van der Waals surface area contributed by atoms with E-state index in [4.69, 9.17) is 9.05 Å². The van der Waals surface area contributed by atoms with Crippen LogP contribution in [0, 0.1) is 0 Å². The third kappa shape index (κ3) is 4.17. The molecule has 0 saturated heterocycles. The van der Waals surface area contributed by atoms with E-state index >= 15 is 0 Å². The van der Waals surface area contributed by atoms with Crippen LogP contribution in [0.3, 0.4) is 0 Å². The van der Waals surface area contributed by atoms with Crippen molar-refractivity contribution in [2.24, 2.45) is 0 Å². The summed E-state index contributed by atoms with van der Waals surface area (Å²) in [5, 5.41) is 0.